The zero-order valence-corrected chi connectivity index (χ0v) is 19.0. The quantitative estimate of drug-likeness (QED) is 0.497. The number of aromatic hydroxyl groups is 1. The van der Waals surface area contributed by atoms with Gasteiger partial charge in [0.15, 0.2) is 11.5 Å². The second kappa shape index (κ2) is 10.0. The van der Waals surface area contributed by atoms with Crippen LogP contribution in [0.25, 0.3) is 11.1 Å². The topological polar surface area (TPSA) is 117 Å². The van der Waals surface area contributed by atoms with Crippen molar-refractivity contribution in [2.45, 2.75) is 57.4 Å². The molecule has 1 aliphatic heterocycles. The SMILES string of the molecule is CO[C@@H]1[C@@H](O)[C@@H](O)C(Oc2ccc(CCNC(C)=O)c(-c3cccc(F)c3)c2O)OC1(C)C. The van der Waals surface area contributed by atoms with Crippen molar-refractivity contribution < 1.29 is 38.7 Å². The molecular formula is C24H30FNO7. The maximum atomic E-state index is 13.9. The number of halogens is 1. The van der Waals surface area contributed by atoms with Crippen LogP contribution < -0.4 is 10.1 Å². The van der Waals surface area contributed by atoms with Crippen molar-refractivity contribution in [3.8, 4) is 22.6 Å². The molecule has 1 fully saturated rings. The molecule has 0 spiro atoms. The van der Waals surface area contributed by atoms with Gasteiger partial charge in [0, 0.05) is 26.1 Å². The lowest BCUT2D eigenvalue weighted by Crippen LogP contribution is -2.63. The number of phenols is 1. The fourth-order valence-corrected chi connectivity index (χ4v) is 4.09. The summed E-state index contributed by atoms with van der Waals surface area (Å²) >= 11 is 0. The van der Waals surface area contributed by atoms with Crippen LogP contribution in [-0.2, 0) is 20.7 Å². The average molecular weight is 464 g/mol. The van der Waals surface area contributed by atoms with E-state index in [0.717, 1.165) is 0 Å². The van der Waals surface area contributed by atoms with Gasteiger partial charge in [-0.2, -0.15) is 0 Å². The molecule has 0 saturated carbocycles. The molecule has 3 rings (SSSR count). The van der Waals surface area contributed by atoms with Crippen LogP contribution in [0.2, 0.25) is 0 Å². The van der Waals surface area contributed by atoms with Gasteiger partial charge in [-0.3, -0.25) is 4.79 Å². The lowest BCUT2D eigenvalue weighted by atomic mass is 9.89. The number of carbonyl (C=O) groups excluding carboxylic acids is 1. The van der Waals surface area contributed by atoms with Gasteiger partial charge in [-0.15, -0.1) is 0 Å². The third-order valence-corrected chi connectivity index (χ3v) is 5.65. The Hall–Kier alpha value is -2.72. The molecule has 1 saturated heterocycles. The predicted molar refractivity (Wildman–Crippen MR) is 118 cm³/mol. The summed E-state index contributed by atoms with van der Waals surface area (Å²) in [5.41, 5.74) is 0.416. The largest absolute Gasteiger partial charge is 0.504 e. The van der Waals surface area contributed by atoms with E-state index in [0.29, 0.717) is 29.7 Å². The molecule has 0 aliphatic carbocycles. The first-order valence-corrected chi connectivity index (χ1v) is 10.6. The van der Waals surface area contributed by atoms with E-state index < -0.39 is 36.0 Å². The number of benzene rings is 2. The second-order valence-corrected chi connectivity index (χ2v) is 8.53. The summed E-state index contributed by atoms with van der Waals surface area (Å²) in [5.74, 6) is -0.962. The van der Waals surface area contributed by atoms with Crippen LogP contribution in [0, 0.1) is 5.82 Å². The van der Waals surface area contributed by atoms with Gasteiger partial charge in [-0.25, -0.2) is 4.39 Å². The molecule has 1 heterocycles. The lowest BCUT2D eigenvalue weighted by molar-refractivity contribution is -0.306. The number of amides is 1. The van der Waals surface area contributed by atoms with E-state index >= 15 is 0 Å². The van der Waals surface area contributed by atoms with E-state index in [4.69, 9.17) is 14.2 Å². The van der Waals surface area contributed by atoms with Gasteiger partial charge in [0.25, 0.3) is 0 Å². The zero-order valence-electron chi connectivity index (χ0n) is 19.0. The summed E-state index contributed by atoms with van der Waals surface area (Å²) in [4.78, 5) is 11.2. The maximum Gasteiger partial charge on any atom is 0.229 e. The Morgan fingerprint density at radius 3 is 2.58 bits per heavy atom. The van der Waals surface area contributed by atoms with Gasteiger partial charge in [-0.05, 0) is 49.6 Å². The number of aliphatic hydroxyl groups excluding tert-OH is 2. The van der Waals surface area contributed by atoms with Gasteiger partial charge < -0.3 is 34.8 Å². The molecule has 0 aromatic heterocycles. The summed E-state index contributed by atoms with van der Waals surface area (Å²) in [5, 5.41) is 34.8. The van der Waals surface area contributed by atoms with Crippen LogP contribution in [0.4, 0.5) is 4.39 Å². The summed E-state index contributed by atoms with van der Waals surface area (Å²) < 4.78 is 30.8. The first-order chi connectivity index (χ1) is 15.5. The summed E-state index contributed by atoms with van der Waals surface area (Å²) in [7, 11) is 1.41. The molecule has 4 N–H and O–H groups in total. The number of hydrogen-bond donors (Lipinski definition) is 4. The molecule has 8 nitrogen and oxygen atoms in total. The first-order valence-electron chi connectivity index (χ1n) is 10.6. The highest BCUT2D eigenvalue weighted by Gasteiger charge is 2.50. The number of hydrogen-bond acceptors (Lipinski definition) is 7. The Morgan fingerprint density at radius 2 is 1.94 bits per heavy atom. The van der Waals surface area contributed by atoms with E-state index in [1.807, 2.05) is 0 Å². The molecule has 4 atom stereocenters. The molecule has 0 radical (unpaired) electrons. The zero-order chi connectivity index (χ0) is 24.3. The number of nitrogens with one attached hydrogen (secondary N) is 1. The van der Waals surface area contributed by atoms with Crippen molar-refractivity contribution in [3.63, 3.8) is 0 Å². The van der Waals surface area contributed by atoms with Crippen molar-refractivity contribution in [1.29, 1.82) is 0 Å². The van der Waals surface area contributed by atoms with Crippen LogP contribution in [-0.4, -0.2) is 65.1 Å². The number of aliphatic hydroxyl groups is 2. The van der Waals surface area contributed by atoms with E-state index in [-0.39, 0.29) is 17.4 Å². The number of ether oxygens (including phenoxy) is 3. The van der Waals surface area contributed by atoms with Crippen LogP contribution in [0.5, 0.6) is 11.5 Å². The Kier molecular flexibility index (Phi) is 7.58. The minimum atomic E-state index is -1.44. The van der Waals surface area contributed by atoms with Crippen molar-refractivity contribution in [3.05, 3.63) is 47.8 Å². The number of phenolic OH excluding ortho intramolecular Hbond substituents is 1. The minimum absolute atomic E-state index is 0.0135. The molecule has 2 aromatic rings. The van der Waals surface area contributed by atoms with Crippen LogP contribution in [0.15, 0.2) is 36.4 Å². The summed E-state index contributed by atoms with van der Waals surface area (Å²) in [6, 6.07) is 8.92. The highest BCUT2D eigenvalue weighted by atomic mass is 19.1. The average Bonchev–Trinajstić information content (AvgIpc) is 2.73. The lowest BCUT2D eigenvalue weighted by Gasteiger charge is -2.46. The van der Waals surface area contributed by atoms with Crippen molar-refractivity contribution in [1.82, 2.24) is 5.32 Å². The van der Waals surface area contributed by atoms with Crippen molar-refractivity contribution in [2.24, 2.45) is 0 Å². The van der Waals surface area contributed by atoms with Crippen LogP contribution in [0.1, 0.15) is 26.3 Å². The van der Waals surface area contributed by atoms with Gasteiger partial charge >= 0.3 is 0 Å². The molecule has 1 amide bonds. The molecule has 0 bridgehead atoms. The summed E-state index contributed by atoms with van der Waals surface area (Å²) in [6.45, 7) is 5.10. The van der Waals surface area contributed by atoms with E-state index in [1.54, 1.807) is 26.0 Å². The molecule has 180 valence electrons. The Morgan fingerprint density at radius 1 is 1.21 bits per heavy atom. The fraction of sp³-hybridized carbons (Fsp3) is 0.458. The minimum Gasteiger partial charge on any atom is -0.504 e. The second-order valence-electron chi connectivity index (χ2n) is 8.53. The highest BCUT2D eigenvalue weighted by molar-refractivity contribution is 5.77. The molecule has 1 aliphatic rings. The van der Waals surface area contributed by atoms with Crippen molar-refractivity contribution in [2.75, 3.05) is 13.7 Å². The van der Waals surface area contributed by atoms with Gasteiger partial charge in [0.1, 0.15) is 24.1 Å². The third-order valence-electron chi connectivity index (χ3n) is 5.65. The van der Waals surface area contributed by atoms with Gasteiger partial charge in [-0.1, -0.05) is 18.2 Å². The third kappa shape index (κ3) is 5.44. The monoisotopic (exact) mass is 463 g/mol. The maximum absolute atomic E-state index is 13.9. The van der Waals surface area contributed by atoms with E-state index in [1.165, 1.54) is 38.3 Å². The molecule has 2 aromatic carbocycles. The van der Waals surface area contributed by atoms with Crippen LogP contribution in [0.3, 0.4) is 0 Å². The Labute approximate surface area is 191 Å². The number of rotatable bonds is 7. The smallest absolute Gasteiger partial charge is 0.229 e. The highest BCUT2D eigenvalue weighted by Crippen LogP contribution is 2.42. The first kappa shape index (κ1) is 24.9. The van der Waals surface area contributed by atoms with Gasteiger partial charge in [0.2, 0.25) is 12.2 Å². The van der Waals surface area contributed by atoms with Crippen LogP contribution >= 0.6 is 0 Å². The molecule has 1 unspecified atom stereocenters. The Balaban J connectivity index is 1.96. The predicted octanol–water partition coefficient (Wildman–Crippen LogP) is 2.13. The van der Waals surface area contributed by atoms with Crippen molar-refractivity contribution >= 4 is 5.91 Å². The normalized spacial score (nSPS) is 24.3. The summed E-state index contributed by atoms with van der Waals surface area (Å²) in [6.07, 6.45) is -4.44. The number of methoxy groups -OCH3 is 1. The van der Waals surface area contributed by atoms with E-state index in [9.17, 15) is 24.5 Å². The molecule has 9 heteroatoms. The molecule has 33 heavy (non-hydrogen) atoms. The standard InChI is InChI=1S/C24H30FNO7/c1-13(27)26-11-10-14-8-9-17(19(28)18(14)15-6-5-7-16(25)12-15)32-23-21(30)20(29)22(31-4)24(2,3)33-23/h5-9,12,20-23,28-30H,10-11H2,1-4H3,(H,26,27)/t20-,21+,22+,23?/m0/s1. The van der Waals surface area contributed by atoms with E-state index in [2.05, 4.69) is 5.32 Å². The van der Waals surface area contributed by atoms with Gasteiger partial charge in [0.05, 0.1) is 5.60 Å². The number of carbonyl (C=O) groups is 1. The Bertz CT molecular complexity index is 997. The fourth-order valence-electron chi connectivity index (χ4n) is 4.09. The molecular weight excluding hydrogens is 433 g/mol.